The molecule has 0 atom stereocenters. The number of fused-ring (bicyclic) bond motifs is 1. The SMILES string of the molecule is Cc1cccc(NC(=O)c2c[nH]c3cc(C(F)(F)F)ccc3c2=O)c1. The molecule has 0 saturated carbocycles. The lowest BCUT2D eigenvalue weighted by atomic mass is 10.1. The van der Waals surface area contributed by atoms with E-state index in [-0.39, 0.29) is 16.5 Å². The van der Waals surface area contributed by atoms with Crippen molar-refractivity contribution in [1.29, 1.82) is 0 Å². The van der Waals surface area contributed by atoms with Gasteiger partial charge < -0.3 is 10.3 Å². The van der Waals surface area contributed by atoms with Gasteiger partial charge in [-0.1, -0.05) is 12.1 Å². The lowest BCUT2D eigenvalue weighted by molar-refractivity contribution is -0.137. The highest BCUT2D eigenvalue weighted by Gasteiger charge is 2.30. The molecular formula is C18H13F3N2O2. The fourth-order valence-electron chi connectivity index (χ4n) is 2.49. The summed E-state index contributed by atoms with van der Waals surface area (Å²) in [7, 11) is 0. The number of H-pyrrole nitrogens is 1. The van der Waals surface area contributed by atoms with Crippen LogP contribution in [0.15, 0.2) is 53.5 Å². The zero-order valence-electron chi connectivity index (χ0n) is 13.1. The number of rotatable bonds is 2. The van der Waals surface area contributed by atoms with E-state index in [2.05, 4.69) is 10.3 Å². The Labute approximate surface area is 140 Å². The molecule has 1 aromatic heterocycles. The van der Waals surface area contributed by atoms with Crippen LogP contribution in [0.5, 0.6) is 0 Å². The van der Waals surface area contributed by atoms with Crippen molar-refractivity contribution in [2.75, 3.05) is 5.32 Å². The molecule has 1 amide bonds. The van der Waals surface area contributed by atoms with Crippen molar-refractivity contribution in [3.05, 3.63) is 75.6 Å². The number of carbonyl (C=O) groups excluding carboxylic acids is 1. The van der Waals surface area contributed by atoms with Crippen LogP contribution in [0.4, 0.5) is 18.9 Å². The monoisotopic (exact) mass is 346 g/mol. The summed E-state index contributed by atoms with van der Waals surface area (Å²) in [5.41, 5.74) is -0.192. The number of hydrogen-bond donors (Lipinski definition) is 2. The number of hydrogen-bond acceptors (Lipinski definition) is 2. The molecule has 4 nitrogen and oxygen atoms in total. The van der Waals surface area contributed by atoms with Crippen LogP contribution in [-0.2, 0) is 6.18 Å². The highest BCUT2D eigenvalue weighted by molar-refractivity contribution is 6.05. The third-order valence-electron chi connectivity index (χ3n) is 3.73. The Morgan fingerprint density at radius 2 is 1.88 bits per heavy atom. The molecule has 0 aliphatic carbocycles. The third kappa shape index (κ3) is 3.40. The van der Waals surface area contributed by atoms with Crippen molar-refractivity contribution in [2.45, 2.75) is 13.1 Å². The number of amides is 1. The normalized spacial score (nSPS) is 11.5. The second kappa shape index (κ2) is 6.08. The van der Waals surface area contributed by atoms with Gasteiger partial charge in [0.2, 0.25) is 5.43 Å². The molecule has 1 heterocycles. The number of aromatic amines is 1. The molecule has 2 N–H and O–H groups in total. The lowest BCUT2D eigenvalue weighted by Gasteiger charge is -2.09. The van der Waals surface area contributed by atoms with Crippen LogP contribution in [0.2, 0.25) is 0 Å². The second-order valence-corrected chi connectivity index (χ2v) is 5.61. The van der Waals surface area contributed by atoms with Crippen LogP contribution in [-0.4, -0.2) is 10.9 Å². The van der Waals surface area contributed by atoms with Crippen molar-refractivity contribution >= 4 is 22.5 Å². The summed E-state index contributed by atoms with van der Waals surface area (Å²) in [5.74, 6) is -0.631. The predicted molar refractivity (Wildman–Crippen MR) is 88.7 cm³/mol. The number of benzene rings is 2. The van der Waals surface area contributed by atoms with Crippen molar-refractivity contribution in [1.82, 2.24) is 4.98 Å². The van der Waals surface area contributed by atoms with Gasteiger partial charge in [0.15, 0.2) is 0 Å². The average Bonchev–Trinajstić information content (AvgIpc) is 2.54. The largest absolute Gasteiger partial charge is 0.416 e. The van der Waals surface area contributed by atoms with Gasteiger partial charge in [-0.15, -0.1) is 0 Å². The van der Waals surface area contributed by atoms with E-state index in [0.717, 1.165) is 30.0 Å². The Morgan fingerprint density at radius 3 is 2.56 bits per heavy atom. The number of aromatic nitrogens is 1. The van der Waals surface area contributed by atoms with Crippen LogP contribution in [0.3, 0.4) is 0 Å². The molecule has 3 rings (SSSR count). The summed E-state index contributed by atoms with van der Waals surface area (Å²) in [6.45, 7) is 1.86. The number of pyridine rings is 1. The minimum atomic E-state index is -4.51. The van der Waals surface area contributed by atoms with Gasteiger partial charge in [0, 0.05) is 22.8 Å². The van der Waals surface area contributed by atoms with Gasteiger partial charge in [-0.3, -0.25) is 9.59 Å². The summed E-state index contributed by atoms with van der Waals surface area (Å²) >= 11 is 0. The van der Waals surface area contributed by atoms with Crippen LogP contribution in [0.1, 0.15) is 21.5 Å². The van der Waals surface area contributed by atoms with E-state index in [9.17, 15) is 22.8 Å². The first-order valence-electron chi connectivity index (χ1n) is 7.36. The summed E-state index contributed by atoms with van der Waals surface area (Å²) in [6.07, 6.45) is -3.39. The highest BCUT2D eigenvalue weighted by atomic mass is 19.4. The average molecular weight is 346 g/mol. The molecule has 0 bridgehead atoms. The molecule has 0 radical (unpaired) electrons. The number of alkyl halides is 3. The van der Waals surface area contributed by atoms with Gasteiger partial charge in [0.05, 0.1) is 5.56 Å². The molecule has 25 heavy (non-hydrogen) atoms. The number of carbonyl (C=O) groups is 1. The first kappa shape index (κ1) is 16.8. The van der Waals surface area contributed by atoms with Crippen molar-refractivity contribution in [3.8, 4) is 0 Å². The molecule has 2 aromatic carbocycles. The first-order valence-corrected chi connectivity index (χ1v) is 7.36. The maximum absolute atomic E-state index is 12.7. The number of aryl methyl sites for hydroxylation is 1. The van der Waals surface area contributed by atoms with Crippen LogP contribution in [0, 0.1) is 6.92 Å². The number of nitrogens with one attached hydrogen (secondary N) is 2. The van der Waals surface area contributed by atoms with E-state index in [0.29, 0.717) is 5.69 Å². The maximum atomic E-state index is 12.7. The van der Waals surface area contributed by atoms with E-state index >= 15 is 0 Å². The van der Waals surface area contributed by atoms with Crippen molar-refractivity contribution in [3.63, 3.8) is 0 Å². The molecule has 0 unspecified atom stereocenters. The molecule has 128 valence electrons. The Hall–Kier alpha value is -3.09. The van der Waals surface area contributed by atoms with Crippen LogP contribution >= 0.6 is 0 Å². The molecule has 7 heteroatoms. The Bertz CT molecular complexity index is 1020. The maximum Gasteiger partial charge on any atom is 0.416 e. The summed E-state index contributed by atoms with van der Waals surface area (Å²) in [4.78, 5) is 27.3. The predicted octanol–water partition coefficient (Wildman–Crippen LogP) is 4.11. The zero-order chi connectivity index (χ0) is 18.2. The van der Waals surface area contributed by atoms with Crippen LogP contribution in [0.25, 0.3) is 10.9 Å². The Balaban J connectivity index is 1.99. The summed E-state index contributed by atoms with van der Waals surface area (Å²) in [6, 6.07) is 9.77. The molecular weight excluding hydrogens is 333 g/mol. The van der Waals surface area contributed by atoms with Crippen molar-refractivity contribution in [2.24, 2.45) is 0 Å². The second-order valence-electron chi connectivity index (χ2n) is 5.61. The molecule has 0 fully saturated rings. The Kier molecular flexibility index (Phi) is 4.08. The molecule has 0 aliphatic heterocycles. The molecule has 3 aromatic rings. The molecule has 0 spiro atoms. The van der Waals surface area contributed by atoms with E-state index in [1.807, 2.05) is 13.0 Å². The van der Waals surface area contributed by atoms with Gasteiger partial charge in [-0.2, -0.15) is 13.2 Å². The fraction of sp³-hybridized carbons (Fsp3) is 0.111. The van der Waals surface area contributed by atoms with Crippen LogP contribution < -0.4 is 10.7 Å². The summed E-state index contributed by atoms with van der Waals surface area (Å²) in [5, 5.41) is 2.62. The minimum Gasteiger partial charge on any atom is -0.360 e. The number of halogens is 3. The van der Waals surface area contributed by atoms with E-state index in [4.69, 9.17) is 0 Å². The van der Waals surface area contributed by atoms with Gasteiger partial charge in [0.1, 0.15) is 5.56 Å². The Morgan fingerprint density at radius 1 is 1.12 bits per heavy atom. The van der Waals surface area contributed by atoms with Gasteiger partial charge >= 0.3 is 6.18 Å². The zero-order valence-corrected chi connectivity index (χ0v) is 13.1. The first-order chi connectivity index (χ1) is 11.8. The topological polar surface area (TPSA) is 62.0 Å². The quantitative estimate of drug-likeness (QED) is 0.734. The minimum absolute atomic E-state index is 0.0184. The van der Waals surface area contributed by atoms with E-state index in [1.165, 1.54) is 0 Å². The molecule has 0 aliphatic rings. The van der Waals surface area contributed by atoms with Gasteiger partial charge in [0.25, 0.3) is 5.91 Å². The van der Waals surface area contributed by atoms with Gasteiger partial charge in [-0.05, 0) is 42.8 Å². The van der Waals surface area contributed by atoms with Crippen molar-refractivity contribution < 1.29 is 18.0 Å². The standard InChI is InChI=1S/C18H13F3N2O2/c1-10-3-2-4-12(7-10)23-17(25)14-9-22-15-8-11(18(19,20)21)5-6-13(15)16(14)24/h2-9H,1H3,(H,22,24)(H,23,25). The number of anilines is 1. The van der Waals surface area contributed by atoms with E-state index < -0.39 is 23.1 Å². The summed E-state index contributed by atoms with van der Waals surface area (Å²) < 4.78 is 38.2. The smallest absolute Gasteiger partial charge is 0.360 e. The highest BCUT2D eigenvalue weighted by Crippen LogP contribution is 2.30. The van der Waals surface area contributed by atoms with E-state index in [1.54, 1.807) is 18.2 Å². The fourth-order valence-corrected chi connectivity index (χ4v) is 2.49. The van der Waals surface area contributed by atoms with Gasteiger partial charge in [-0.25, -0.2) is 0 Å². The third-order valence-corrected chi connectivity index (χ3v) is 3.73. The lowest BCUT2D eigenvalue weighted by Crippen LogP contribution is -2.22. The molecule has 0 saturated heterocycles.